The van der Waals surface area contributed by atoms with Gasteiger partial charge in [0, 0.05) is 11.4 Å². The monoisotopic (exact) mass is 260 g/mol. The zero-order valence-corrected chi connectivity index (χ0v) is 11.0. The van der Waals surface area contributed by atoms with E-state index >= 15 is 0 Å². The van der Waals surface area contributed by atoms with E-state index < -0.39 is 0 Å². The molecule has 94 valence electrons. The minimum atomic E-state index is 0.229. The molecule has 3 heteroatoms. The molecule has 0 spiro atoms. The molecule has 18 heavy (non-hydrogen) atoms. The largest absolute Gasteiger partial charge is 0.366 e. The summed E-state index contributed by atoms with van der Waals surface area (Å²) in [5, 5.41) is 4.88. The molecule has 2 nitrogen and oxygen atoms in total. The van der Waals surface area contributed by atoms with Crippen molar-refractivity contribution >= 4 is 28.3 Å². The second-order valence-corrected chi connectivity index (χ2v) is 5.50. The van der Waals surface area contributed by atoms with Crippen LogP contribution >= 0.6 is 11.6 Å². The molecular weight excluding hydrogens is 244 g/mol. The first-order valence-electron chi connectivity index (χ1n) is 6.59. The number of fused-ring (bicyclic) bond motifs is 1. The summed E-state index contributed by atoms with van der Waals surface area (Å²) >= 11 is 6.36. The van der Waals surface area contributed by atoms with E-state index in [1.165, 1.54) is 18.2 Å². The Morgan fingerprint density at radius 2 is 1.89 bits per heavy atom. The predicted octanol–water partition coefficient (Wildman–Crippen LogP) is 4.20. The van der Waals surface area contributed by atoms with Crippen LogP contribution in [-0.4, -0.2) is 16.4 Å². The van der Waals surface area contributed by atoms with Gasteiger partial charge in [0.05, 0.1) is 10.9 Å². The molecule has 1 aromatic carbocycles. The van der Waals surface area contributed by atoms with Gasteiger partial charge in [0.1, 0.15) is 5.82 Å². The Morgan fingerprint density at radius 1 is 1.06 bits per heavy atom. The lowest BCUT2D eigenvalue weighted by Gasteiger charge is -2.28. The van der Waals surface area contributed by atoms with Gasteiger partial charge >= 0.3 is 0 Å². The summed E-state index contributed by atoms with van der Waals surface area (Å²) in [5.41, 5.74) is 1.03. The Morgan fingerprint density at radius 3 is 2.78 bits per heavy atom. The fraction of sp³-hybridized carbons (Fsp3) is 0.400. The topological polar surface area (TPSA) is 24.9 Å². The summed E-state index contributed by atoms with van der Waals surface area (Å²) in [6, 6.07) is 12.7. The second kappa shape index (κ2) is 5.15. The minimum Gasteiger partial charge on any atom is -0.366 e. The van der Waals surface area contributed by atoms with E-state index in [-0.39, 0.29) is 5.38 Å². The number of nitrogens with one attached hydrogen (secondary N) is 1. The molecule has 2 atom stereocenters. The third-order valence-corrected chi connectivity index (χ3v) is 4.14. The highest BCUT2D eigenvalue weighted by atomic mass is 35.5. The van der Waals surface area contributed by atoms with Crippen molar-refractivity contribution in [2.45, 2.75) is 37.1 Å². The number of hydrogen-bond donors (Lipinski definition) is 1. The predicted molar refractivity (Wildman–Crippen MR) is 77.3 cm³/mol. The third kappa shape index (κ3) is 2.44. The molecule has 1 heterocycles. The van der Waals surface area contributed by atoms with E-state index in [2.05, 4.69) is 22.4 Å². The molecule has 3 rings (SSSR count). The average molecular weight is 261 g/mol. The van der Waals surface area contributed by atoms with Crippen molar-refractivity contribution in [3.8, 4) is 0 Å². The number of rotatable bonds is 2. The number of pyridine rings is 1. The first-order valence-corrected chi connectivity index (χ1v) is 7.03. The van der Waals surface area contributed by atoms with Crippen molar-refractivity contribution in [1.29, 1.82) is 0 Å². The fourth-order valence-corrected chi connectivity index (χ4v) is 2.93. The number of halogens is 1. The molecule has 2 aromatic rings. The number of nitrogens with zero attached hydrogens (tertiary/aromatic N) is 1. The first kappa shape index (κ1) is 11.8. The summed E-state index contributed by atoms with van der Waals surface area (Å²) < 4.78 is 0. The minimum absolute atomic E-state index is 0.229. The quantitative estimate of drug-likeness (QED) is 0.819. The van der Waals surface area contributed by atoms with Crippen molar-refractivity contribution in [2.75, 3.05) is 5.32 Å². The number of hydrogen-bond acceptors (Lipinski definition) is 2. The van der Waals surface area contributed by atoms with E-state index in [0.29, 0.717) is 6.04 Å². The number of aromatic nitrogens is 1. The Balaban J connectivity index is 1.81. The summed E-state index contributed by atoms with van der Waals surface area (Å²) in [7, 11) is 0. The van der Waals surface area contributed by atoms with Gasteiger partial charge in [0.25, 0.3) is 0 Å². The van der Waals surface area contributed by atoms with Crippen LogP contribution in [0.5, 0.6) is 0 Å². The van der Waals surface area contributed by atoms with Crippen LogP contribution in [0, 0.1) is 0 Å². The van der Waals surface area contributed by atoms with E-state index in [4.69, 9.17) is 11.6 Å². The van der Waals surface area contributed by atoms with Crippen LogP contribution in [0.15, 0.2) is 36.4 Å². The Hall–Kier alpha value is -1.28. The third-order valence-electron chi connectivity index (χ3n) is 3.61. The van der Waals surface area contributed by atoms with Crippen LogP contribution in [0.2, 0.25) is 0 Å². The number of benzene rings is 1. The van der Waals surface area contributed by atoms with E-state index in [0.717, 1.165) is 24.2 Å². The Bertz CT molecular complexity index is 541. The zero-order chi connectivity index (χ0) is 12.4. The smallest absolute Gasteiger partial charge is 0.126 e. The van der Waals surface area contributed by atoms with Crippen molar-refractivity contribution in [3.63, 3.8) is 0 Å². The van der Waals surface area contributed by atoms with Crippen LogP contribution < -0.4 is 5.32 Å². The van der Waals surface area contributed by atoms with Gasteiger partial charge in [-0.1, -0.05) is 31.0 Å². The second-order valence-electron chi connectivity index (χ2n) is 4.94. The van der Waals surface area contributed by atoms with Gasteiger partial charge in [-0.05, 0) is 31.0 Å². The summed E-state index contributed by atoms with van der Waals surface area (Å²) in [5.74, 6) is 0.936. The number of anilines is 1. The van der Waals surface area contributed by atoms with Crippen molar-refractivity contribution in [1.82, 2.24) is 4.98 Å². The van der Waals surface area contributed by atoms with Gasteiger partial charge in [-0.3, -0.25) is 0 Å². The van der Waals surface area contributed by atoms with Crippen LogP contribution in [0.1, 0.15) is 25.7 Å². The van der Waals surface area contributed by atoms with E-state index in [1.54, 1.807) is 0 Å². The number of para-hydroxylation sites is 1. The maximum Gasteiger partial charge on any atom is 0.126 e. The Kier molecular flexibility index (Phi) is 3.37. The maximum absolute atomic E-state index is 6.36. The van der Waals surface area contributed by atoms with Crippen LogP contribution in [0.25, 0.3) is 10.9 Å². The standard InChI is InChI=1S/C15H17ClN2/c16-12-6-2-4-8-14(12)18-15-10-9-11-5-1-3-7-13(11)17-15/h1,3,5,7,9-10,12,14H,2,4,6,8H2,(H,17,18). The highest BCUT2D eigenvalue weighted by molar-refractivity contribution is 6.21. The van der Waals surface area contributed by atoms with Crippen molar-refractivity contribution in [2.24, 2.45) is 0 Å². The van der Waals surface area contributed by atoms with Gasteiger partial charge < -0.3 is 5.32 Å². The van der Waals surface area contributed by atoms with Crippen molar-refractivity contribution in [3.05, 3.63) is 36.4 Å². The lowest BCUT2D eigenvalue weighted by molar-refractivity contribution is 0.469. The van der Waals surface area contributed by atoms with Crippen LogP contribution in [-0.2, 0) is 0 Å². The Labute approximate surface area is 112 Å². The average Bonchev–Trinajstić information content (AvgIpc) is 2.41. The molecule has 1 N–H and O–H groups in total. The maximum atomic E-state index is 6.36. The lowest BCUT2D eigenvalue weighted by atomic mass is 9.95. The molecule has 0 aliphatic heterocycles. The van der Waals surface area contributed by atoms with Crippen LogP contribution in [0.4, 0.5) is 5.82 Å². The van der Waals surface area contributed by atoms with E-state index in [9.17, 15) is 0 Å². The zero-order valence-electron chi connectivity index (χ0n) is 10.3. The molecular formula is C15H17ClN2. The molecule has 1 saturated carbocycles. The summed E-state index contributed by atoms with van der Waals surface area (Å²) in [4.78, 5) is 4.63. The first-order chi connectivity index (χ1) is 8.83. The highest BCUT2D eigenvalue weighted by Crippen LogP contribution is 2.26. The SMILES string of the molecule is ClC1CCCCC1Nc1ccc2ccccc2n1. The molecule has 0 saturated heterocycles. The van der Waals surface area contributed by atoms with E-state index in [1.807, 2.05) is 24.3 Å². The summed E-state index contributed by atoms with van der Waals surface area (Å²) in [6.45, 7) is 0. The van der Waals surface area contributed by atoms with Gasteiger partial charge in [-0.2, -0.15) is 0 Å². The van der Waals surface area contributed by atoms with Gasteiger partial charge in [-0.15, -0.1) is 11.6 Å². The fourth-order valence-electron chi connectivity index (χ4n) is 2.58. The number of alkyl halides is 1. The molecule has 0 radical (unpaired) electrons. The normalized spacial score (nSPS) is 24.1. The van der Waals surface area contributed by atoms with Crippen molar-refractivity contribution < 1.29 is 0 Å². The molecule has 0 bridgehead atoms. The van der Waals surface area contributed by atoms with Gasteiger partial charge in [0.15, 0.2) is 0 Å². The molecule has 1 aliphatic carbocycles. The molecule has 2 unspecified atom stereocenters. The lowest BCUT2D eigenvalue weighted by Crippen LogP contribution is -2.33. The van der Waals surface area contributed by atoms with Gasteiger partial charge in [0.2, 0.25) is 0 Å². The highest BCUT2D eigenvalue weighted by Gasteiger charge is 2.23. The molecule has 0 amide bonds. The van der Waals surface area contributed by atoms with Gasteiger partial charge in [-0.25, -0.2) is 4.98 Å². The molecule has 1 aromatic heterocycles. The molecule has 1 fully saturated rings. The molecule has 1 aliphatic rings. The van der Waals surface area contributed by atoms with Crippen LogP contribution in [0.3, 0.4) is 0 Å². The summed E-state index contributed by atoms with van der Waals surface area (Å²) in [6.07, 6.45) is 4.75.